The Labute approximate surface area is 174 Å². The first-order valence-electron chi connectivity index (χ1n) is 9.32. The second-order valence-electron chi connectivity index (χ2n) is 6.98. The van der Waals surface area contributed by atoms with Gasteiger partial charge in [0.05, 0.1) is 16.9 Å². The number of rotatable bonds is 4. The Morgan fingerprint density at radius 3 is 2.69 bits per heavy atom. The molecule has 5 heteroatoms. The first-order valence-corrected chi connectivity index (χ1v) is 10.2. The van der Waals surface area contributed by atoms with Gasteiger partial charge in [-0.25, -0.2) is 4.98 Å². The Morgan fingerprint density at radius 2 is 1.90 bits per heavy atom. The lowest BCUT2D eigenvalue weighted by Crippen LogP contribution is -1.94. The van der Waals surface area contributed by atoms with Crippen molar-refractivity contribution < 1.29 is 0 Å². The molecule has 0 spiro atoms. The maximum Gasteiger partial charge on any atom is 0.136 e. The maximum absolute atomic E-state index is 9.67. The zero-order valence-electron chi connectivity index (χ0n) is 16.5. The largest absolute Gasteiger partial charge is 0.359 e. The first kappa shape index (κ1) is 18.9. The van der Waals surface area contributed by atoms with Crippen molar-refractivity contribution in [2.45, 2.75) is 20.8 Å². The number of aromatic nitrogens is 2. The molecule has 29 heavy (non-hydrogen) atoms. The van der Waals surface area contributed by atoms with Gasteiger partial charge in [-0.05, 0) is 50.1 Å². The van der Waals surface area contributed by atoms with Crippen LogP contribution in [0.4, 0.5) is 5.69 Å². The normalized spacial score (nSPS) is 11.4. The summed E-state index contributed by atoms with van der Waals surface area (Å²) < 4.78 is 0. The summed E-state index contributed by atoms with van der Waals surface area (Å²) >= 11 is 1.47. The Balaban J connectivity index is 1.64. The van der Waals surface area contributed by atoms with Crippen LogP contribution in [-0.4, -0.2) is 9.97 Å². The predicted octanol–water partition coefficient (Wildman–Crippen LogP) is 6.26. The van der Waals surface area contributed by atoms with E-state index in [1.807, 2.05) is 36.6 Å². The first-order chi connectivity index (χ1) is 14.0. The Hall–Kier alpha value is -3.49. The summed E-state index contributed by atoms with van der Waals surface area (Å²) in [5.74, 6) is 0. The van der Waals surface area contributed by atoms with E-state index >= 15 is 0 Å². The highest BCUT2D eigenvalue weighted by Gasteiger charge is 2.10. The monoisotopic (exact) mass is 396 g/mol. The second kappa shape index (κ2) is 7.86. The molecular weight excluding hydrogens is 376 g/mol. The van der Waals surface area contributed by atoms with E-state index in [1.165, 1.54) is 22.5 Å². The molecule has 4 nitrogen and oxygen atoms in total. The minimum atomic E-state index is 0.495. The molecule has 0 atom stereocenters. The van der Waals surface area contributed by atoms with Crippen molar-refractivity contribution in [3.63, 3.8) is 0 Å². The molecule has 0 unspecified atom stereocenters. The molecule has 0 bridgehead atoms. The summed E-state index contributed by atoms with van der Waals surface area (Å²) in [6, 6.07) is 18.6. The van der Waals surface area contributed by atoms with Gasteiger partial charge in [-0.2, -0.15) is 5.26 Å². The molecule has 0 amide bonds. The van der Waals surface area contributed by atoms with Gasteiger partial charge in [0.1, 0.15) is 16.6 Å². The number of nitrogens with zero attached hydrogens (tertiary/aromatic N) is 3. The van der Waals surface area contributed by atoms with Gasteiger partial charge in [0, 0.05) is 28.2 Å². The molecule has 0 aliphatic heterocycles. The van der Waals surface area contributed by atoms with Gasteiger partial charge in [0.2, 0.25) is 0 Å². The van der Waals surface area contributed by atoms with Gasteiger partial charge >= 0.3 is 0 Å². The molecule has 0 saturated carbocycles. The van der Waals surface area contributed by atoms with Gasteiger partial charge in [0.25, 0.3) is 0 Å². The summed E-state index contributed by atoms with van der Waals surface area (Å²) in [6.07, 6.45) is 1.71. The van der Waals surface area contributed by atoms with Crippen molar-refractivity contribution in [3.8, 4) is 17.3 Å². The zero-order valence-corrected chi connectivity index (χ0v) is 17.3. The van der Waals surface area contributed by atoms with Crippen LogP contribution < -0.4 is 5.32 Å². The van der Waals surface area contributed by atoms with E-state index in [1.54, 1.807) is 6.20 Å². The number of thiazole rings is 1. The van der Waals surface area contributed by atoms with Crippen LogP contribution in [0.1, 0.15) is 21.8 Å². The Morgan fingerprint density at radius 1 is 1.03 bits per heavy atom. The van der Waals surface area contributed by atoms with Gasteiger partial charge in [-0.3, -0.25) is 4.98 Å². The predicted molar refractivity (Wildman–Crippen MR) is 121 cm³/mol. The van der Waals surface area contributed by atoms with E-state index in [0.29, 0.717) is 10.6 Å². The number of para-hydroxylation sites is 1. The molecule has 1 N–H and O–H groups in total. The number of nitriles is 1. The van der Waals surface area contributed by atoms with E-state index in [4.69, 9.17) is 0 Å². The average molecular weight is 397 g/mol. The fourth-order valence-electron chi connectivity index (χ4n) is 3.08. The lowest BCUT2D eigenvalue weighted by Gasteiger charge is -2.06. The van der Waals surface area contributed by atoms with Crippen LogP contribution >= 0.6 is 11.3 Å². The molecule has 142 valence electrons. The minimum Gasteiger partial charge on any atom is -0.359 e. The lowest BCUT2D eigenvalue weighted by molar-refractivity contribution is 1.25. The molecule has 4 aromatic rings. The van der Waals surface area contributed by atoms with E-state index in [0.717, 1.165) is 33.5 Å². The Bertz CT molecular complexity index is 1280. The average Bonchev–Trinajstić information content (AvgIpc) is 3.21. The number of hydrogen-bond acceptors (Lipinski definition) is 5. The summed E-state index contributed by atoms with van der Waals surface area (Å²) in [7, 11) is 0. The van der Waals surface area contributed by atoms with Crippen LogP contribution in [0.5, 0.6) is 0 Å². The van der Waals surface area contributed by atoms with Crippen LogP contribution in [0.3, 0.4) is 0 Å². The quantitative estimate of drug-likeness (QED) is 0.414. The number of aryl methyl sites for hydroxylation is 3. The van der Waals surface area contributed by atoms with Crippen molar-refractivity contribution in [1.29, 1.82) is 5.26 Å². The van der Waals surface area contributed by atoms with Crippen LogP contribution in [0.25, 0.3) is 27.7 Å². The van der Waals surface area contributed by atoms with Crippen molar-refractivity contribution in [1.82, 2.24) is 9.97 Å². The molecule has 4 rings (SSSR count). The summed E-state index contributed by atoms with van der Waals surface area (Å²) in [5, 5.41) is 16.7. The molecule has 2 heterocycles. The molecular formula is C24H20N4S. The van der Waals surface area contributed by atoms with Crippen LogP contribution in [0, 0.1) is 32.1 Å². The van der Waals surface area contributed by atoms with Crippen LogP contribution in [0.15, 0.2) is 60.1 Å². The molecule has 0 fully saturated rings. The summed E-state index contributed by atoms with van der Waals surface area (Å²) in [6.45, 7) is 6.16. The molecule has 0 aliphatic rings. The summed E-state index contributed by atoms with van der Waals surface area (Å²) in [4.78, 5) is 9.31. The van der Waals surface area contributed by atoms with Crippen LogP contribution in [0.2, 0.25) is 0 Å². The molecule has 2 aromatic carbocycles. The Kier molecular flexibility index (Phi) is 5.11. The van der Waals surface area contributed by atoms with E-state index in [2.05, 4.69) is 59.5 Å². The fourth-order valence-corrected chi connectivity index (χ4v) is 3.88. The standard InChI is InChI=1S/C24H20N4S/c1-15-7-9-19(11-16(15)2)22-14-29-24(28-22)20(12-25)13-26-21-6-4-5-18-10-8-17(3)27-23(18)21/h4-11,13-14,26H,1-3H3. The van der Waals surface area contributed by atoms with Crippen molar-refractivity contribution in [2.75, 3.05) is 5.32 Å². The summed E-state index contributed by atoms with van der Waals surface area (Å²) in [5.41, 5.74) is 7.63. The molecule has 2 aromatic heterocycles. The lowest BCUT2D eigenvalue weighted by atomic mass is 10.1. The van der Waals surface area contributed by atoms with Gasteiger partial charge in [-0.1, -0.05) is 30.3 Å². The number of anilines is 1. The van der Waals surface area contributed by atoms with Gasteiger partial charge in [-0.15, -0.1) is 11.3 Å². The van der Waals surface area contributed by atoms with Crippen molar-refractivity contribution in [2.24, 2.45) is 0 Å². The highest BCUT2D eigenvalue weighted by Crippen LogP contribution is 2.28. The molecule has 0 aliphatic carbocycles. The van der Waals surface area contributed by atoms with Gasteiger partial charge in [0.15, 0.2) is 0 Å². The zero-order chi connectivity index (χ0) is 20.4. The fraction of sp³-hybridized carbons (Fsp3) is 0.125. The SMILES string of the molecule is Cc1ccc2cccc(NC=C(C#N)c3nc(-c4ccc(C)c(C)c4)cs3)c2n1. The highest BCUT2D eigenvalue weighted by molar-refractivity contribution is 7.11. The van der Waals surface area contributed by atoms with Gasteiger partial charge < -0.3 is 5.32 Å². The maximum atomic E-state index is 9.67. The number of benzene rings is 2. The number of nitrogens with one attached hydrogen (secondary N) is 1. The third kappa shape index (κ3) is 3.89. The highest BCUT2D eigenvalue weighted by atomic mass is 32.1. The van der Waals surface area contributed by atoms with Crippen molar-refractivity contribution >= 4 is 33.5 Å². The third-order valence-corrected chi connectivity index (χ3v) is 5.76. The van der Waals surface area contributed by atoms with E-state index in [9.17, 15) is 5.26 Å². The second-order valence-corrected chi connectivity index (χ2v) is 7.84. The van der Waals surface area contributed by atoms with Crippen molar-refractivity contribution in [3.05, 3.63) is 81.9 Å². The topological polar surface area (TPSA) is 61.6 Å². The number of pyridine rings is 1. The third-order valence-electron chi connectivity index (χ3n) is 4.89. The van der Waals surface area contributed by atoms with Crippen LogP contribution in [-0.2, 0) is 0 Å². The molecule has 0 saturated heterocycles. The number of hydrogen-bond donors (Lipinski definition) is 1. The van der Waals surface area contributed by atoms with E-state index < -0.39 is 0 Å². The van der Waals surface area contributed by atoms with E-state index in [-0.39, 0.29) is 0 Å². The minimum absolute atomic E-state index is 0.495. The number of fused-ring (bicyclic) bond motifs is 1. The molecule has 0 radical (unpaired) electrons. The smallest absolute Gasteiger partial charge is 0.136 e. The number of allylic oxidation sites excluding steroid dienone is 1.